The van der Waals surface area contributed by atoms with Crippen molar-refractivity contribution in [1.82, 2.24) is 19.6 Å². The first-order chi connectivity index (χ1) is 14.2. The molecular weight excluding hydrogens is 366 g/mol. The molecule has 1 aliphatic heterocycles. The molecule has 5 rings (SSSR count). The van der Waals surface area contributed by atoms with Crippen molar-refractivity contribution in [3.8, 4) is 0 Å². The van der Waals surface area contributed by atoms with E-state index in [2.05, 4.69) is 15.5 Å². The number of anilines is 1. The molecule has 0 saturated carbocycles. The Kier molecular flexibility index (Phi) is 4.44. The van der Waals surface area contributed by atoms with Gasteiger partial charge in [0.25, 0.3) is 0 Å². The number of hydrogen-bond acceptors (Lipinski definition) is 6. The average molecular weight is 387 g/mol. The van der Waals surface area contributed by atoms with Crippen LogP contribution in [0.25, 0.3) is 16.7 Å². The van der Waals surface area contributed by atoms with Gasteiger partial charge in [0.1, 0.15) is 5.82 Å². The van der Waals surface area contributed by atoms with E-state index in [1.807, 2.05) is 59.9 Å². The molecule has 0 amide bonds. The molecule has 1 fully saturated rings. The fourth-order valence-corrected chi connectivity index (χ4v) is 3.80. The number of ketones is 1. The minimum atomic E-state index is -0.0213. The van der Waals surface area contributed by atoms with Crippen LogP contribution in [-0.2, 0) is 4.74 Å². The maximum atomic E-state index is 12.9. The second-order valence-corrected chi connectivity index (χ2v) is 7.28. The van der Waals surface area contributed by atoms with Crippen LogP contribution in [0.15, 0.2) is 48.5 Å². The van der Waals surface area contributed by atoms with Crippen molar-refractivity contribution < 1.29 is 9.53 Å². The van der Waals surface area contributed by atoms with Crippen molar-refractivity contribution in [2.75, 3.05) is 18.5 Å². The van der Waals surface area contributed by atoms with E-state index < -0.39 is 0 Å². The number of nitrogens with zero attached hydrogens (tertiary/aromatic N) is 4. The lowest BCUT2D eigenvalue weighted by molar-refractivity contribution is 0.103. The van der Waals surface area contributed by atoms with Crippen molar-refractivity contribution in [3.05, 3.63) is 65.5 Å². The van der Waals surface area contributed by atoms with E-state index in [1.165, 1.54) is 0 Å². The number of nitrogens with one attached hydrogen (secondary N) is 1. The van der Waals surface area contributed by atoms with Crippen LogP contribution in [0.4, 0.5) is 5.82 Å². The fraction of sp³-hybridized carbons (Fsp3) is 0.273. The van der Waals surface area contributed by atoms with Gasteiger partial charge < -0.3 is 10.1 Å². The molecule has 3 heterocycles. The third-order valence-electron chi connectivity index (χ3n) is 5.30. The molecule has 1 unspecified atom stereocenters. The van der Waals surface area contributed by atoms with Crippen LogP contribution < -0.4 is 5.32 Å². The number of aromatic nitrogens is 4. The molecule has 2 aromatic carbocycles. The van der Waals surface area contributed by atoms with E-state index in [4.69, 9.17) is 9.72 Å². The van der Waals surface area contributed by atoms with Crippen LogP contribution in [0.5, 0.6) is 0 Å². The highest BCUT2D eigenvalue weighted by Gasteiger charge is 2.19. The molecule has 7 nitrogen and oxygen atoms in total. The Morgan fingerprint density at radius 2 is 2.03 bits per heavy atom. The Morgan fingerprint density at radius 1 is 1.17 bits per heavy atom. The summed E-state index contributed by atoms with van der Waals surface area (Å²) in [7, 11) is 0. The van der Waals surface area contributed by atoms with Gasteiger partial charge in [0.15, 0.2) is 11.6 Å². The maximum Gasteiger partial charge on any atom is 0.204 e. The van der Waals surface area contributed by atoms with Crippen LogP contribution in [0, 0.1) is 6.92 Å². The Morgan fingerprint density at radius 3 is 2.83 bits per heavy atom. The van der Waals surface area contributed by atoms with Gasteiger partial charge in [0, 0.05) is 24.3 Å². The monoisotopic (exact) mass is 387 g/mol. The van der Waals surface area contributed by atoms with E-state index in [-0.39, 0.29) is 11.9 Å². The lowest BCUT2D eigenvalue weighted by atomic mass is 10.0. The highest BCUT2D eigenvalue weighted by molar-refractivity contribution is 6.10. The minimum absolute atomic E-state index is 0.0213. The zero-order chi connectivity index (χ0) is 19.8. The summed E-state index contributed by atoms with van der Waals surface area (Å²) in [5.74, 6) is 1.40. The zero-order valence-electron chi connectivity index (χ0n) is 16.1. The van der Waals surface area contributed by atoms with Gasteiger partial charge in [-0.15, -0.1) is 10.2 Å². The molecule has 1 N–H and O–H groups in total. The average Bonchev–Trinajstić information content (AvgIpc) is 3.42. The van der Waals surface area contributed by atoms with Gasteiger partial charge in [-0.05, 0) is 38.0 Å². The van der Waals surface area contributed by atoms with Gasteiger partial charge >= 0.3 is 0 Å². The largest absolute Gasteiger partial charge is 0.376 e. The van der Waals surface area contributed by atoms with Gasteiger partial charge in [0.2, 0.25) is 5.65 Å². The Balaban J connectivity index is 1.57. The summed E-state index contributed by atoms with van der Waals surface area (Å²) in [6, 6.07) is 14.8. The molecule has 1 saturated heterocycles. The zero-order valence-corrected chi connectivity index (χ0v) is 16.1. The summed E-state index contributed by atoms with van der Waals surface area (Å²) in [5, 5.41) is 11.9. The molecule has 0 aliphatic carbocycles. The van der Waals surface area contributed by atoms with Gasteiger partial charge in [-0.3, -0.25) is 9.20 Å². The topological polar surface area (TPSA) is 81.4 Å². The minimum Gasteiger partial charge on any atom is -0.376 e. The van der Waals surface area contributed by atoms with Crippen LogP contribution in [0.1, 0.15) is 34.6 Å². The van der Waals surface area contributed by atoms with Gasteiger partial charge in [-0.1, -0.05) is 30.3 Å². The van der Waals surface area contributed by atoms with Crippen LogP contribution in [-0.4, -0.2) is 44.6 Å². The quantitative estimate of drug-likeness (QED) is 0.529. The Labute approximate surface area is 167 Å². The second-order valence-electron chi connectivity index (χ2n) is 7.28. The number of aryl methyl sites for hydroxylation is 1. The highest BCUT2D eigenvalue weighted by Crippen LogP contribution is 2.24. The molecule has 7 heteroatoms. The molecule has 29 heavy (non-hydrogen) atoms. The lowest BCUT2D eigenvalue weighted by Gasteiger charge is -2.13. The van der Waals surface area contributed by atoms with Crippen LogP contribution in [0.2, 0.25) is 0 Å². The van der Waals surface area contributed by atoms with Crippen molar-refractivity contribution in [2.45, 2.75) is 25.9 Å². The van der Waals surface area contributed by atoms with Crippen LogP contribution >= 0.6 is 0 Å². The molecular formula is C22H21N5O2. The van der Waals surface area contributed by atoms with E-state index in [1.54, 1.807) is 0 Å². The standard InChI is InChI=1S/C22H21N5O2/c1-14-25-26-22-21(23-13-17-8-5-11-29-17)24-18-10-9-16(12-19(18)27(14)22)20(28)15-6-3-2-4-7-15/h2-4,6-7,9-10,12,17H,5,8,11,13H2,1H3,(H,23,24). The number of hydrogen-bond donors (Lipinski definition) is 1. The lowest BCUT2D eigenvalue weighted by Crippen LogP contribution is -2.19. The van der Waals surface area contributed by atoms with Gasteiger partial charge in [-0.25, -0.2) is 4.98 Å². The number of ether oxygens (including phenoxy) is 1. The Bertz CT molecular complexity index is 1200. The normalized spacial score (nSPS) is 16.5. The smallest absolute Gasteiger partial charge is 0.204 e. The number of carbonyl (C=O) groups excluding carboxylic acids is 1. The summed E-state index contributed by atoms with van der Waals surface area (Å²) in [5.41, 5.74) is 3.51. The van der Waals surface area contributed by atoms with Crippen molar-refractivity contribution in [2.24, 2.45) is 0 Å². The summed E-state index contributed by atoms with van der Waals surface area (Å²) in [4.78, 5) is 17.6. The molecule has 4 aromatic rings. The van der Waals surface area contributed by atoms with Crippen molar-refractivity contribution >= 4 is 28.3 Å². The third kappa shape index (κ3) is 3.23. The number of rotatable bonds is 5. The molecule has 1 aliphatic rings. The predicted octanol–water partition coefficient (Wildman–Crippen LogP) is 3.41. The number of fused-ring (bicyclic) bond motifs is 3. The molecule has 2 aromatic heterocycles. The summed E-state index contributed by atoms with van der Waals surface area (Å²) >= 11 is 0. The Hall–Kier alpha value is -3.32. The molecule has 146 valence electrons. The first kappa shape index (κ1) is 17.8. The van der Waals surface area contributed by atoms with E-state index in [9.17, 15) is 4.79 Å². The van der Waals surface area contributed by atoms with E-state index in [0.717, 1.165) is 36.3 Å². The van der Waals surface area contributed by atoms with Gasteiger partial charge in [-0.2, -0.15) is 0 Å². The summed E-state index contributed by atoms with van der Waals surface area (Å²) in [6.45, 7) is 3.40. The highest BCUT2D eigenvalue weighted by atomic mass is 16.5. The van der Waals surface area contributed by atoms with Crippen molar-refractivity contribution in [3.63, 3.8) is 0 Å². The maximum absolute atomic E-state index is 12.9. The molecule has 0 spiro atoms. The summed E-state index contributed by atoms with van der Waals surface area (Å²) in [6.07, 6.45) is 2.34. The van der Waals surface area contributed by atoms with Crippen LogP contribution in [0.3, 0.4) is 0 Å². The van der Waals surface area contributed by atoms with Gasteiger partial charge in [0.05, 0.1) is 17.1 Å². The van der Waals surface area contributed by atoms with Crippen molar-refractivity contribution in [1.29, 1.82) is 0 Å². The molecule has 0 bridgehead atoms. The second kappa shape index (κ2) is 7.25. The molecule has 1 atom stereocenters. The first-order valence-corrected chi connectivity index (χ1v) is 9.81. The van der Waals surface area contributed by atoms with E-state index in [0.29, 0.717) is 29.1 Å². The summed E-state index contributed by atoms with van der Waals surface area (Å²) < 4.78 is 7.64. The third-order valence-corrected chi connectivity index (χ3v) is 5.30. The predicted molar refractivity (Wildman–Crippen MR) is 110 cm³/mol. The number of carbonyl (C=O) groups is 1. The fourth-order valence-electron chi connectivity index (χ4n) is 3.80. The SMILES string of the molecule is Cc1nnc2c(NCC3CCCO3)nc3ccc(C(=O)c4ccccc4)cc3n12. The number of benzene rings is 2. The molecule has 0 radical (unpaired) electrons. The first-order valence-electron chi connectivity index (χ1n) is 9.81. The van der Waals surface area contributed by atoms with E-state index >= 15 is 0 Å².